The molecule has 114 valence electrons. The molecule has 0 bridgehead atoms. The van der Waals surface area contributed by atoms with Crippen molar-refractivity contribution in [2.75, 3.05) is 0 Å². The number of benzene rings is 2. The van der Waals surface area contributed by atoms with Gasteiger partial charge in [0.1, 0.15) is 18.0 Å². The number of hydrogen-bond acceptors (Lipinski definition) is 2. The van der Waals surface area contributed by atoms with E-state index >= 15 is 0 Å². The maximum Gasteiger partial charge on any atom is 0.141 e. The van der Waals surface area contributed by atoms with E-state index in [0.717, 1.165) is 33.7 Å². The van der Waals surface area contributed by atoms with Gasteiger partial charge in [-0.3, -0.25) is 4.98 Å². The highest BCUT2D eigenvalue weighted by molar-refractivity contribution is 6.30. The molecule has 0 saturated heterocycles. The Morgan fingerprint density at radius 3 is 2.59 bits per heavy atom. The number of aromatic nitrogens is 1. The fourth-order valence-electron chi connectivity index (χ4n) is 2.46. The van der Waals surface area contributed by atoms with Gasteiger partial charge in [0.15, 0.2) is 0 Å². The van der Waals surface area contributed by atoms with Crippen LogP contribution >= 0.6 is 11.6 Å². The Labute approximate surface area is 140 Å². The minimum Gasteiger partial charge on any atom is -1.00 e. The number of quaternary nitrogens is 1. The lowest BCUT2D eigenvalue weighted by molar-refractivity contribution is -0.587. The average Bonchev–Trinajstić information content (AvgIpc) is 2.47. The van der Waals surface area contributed by atoms with E-state index in [1.165, 1.54) is 5.56 Å². The van der Waals surface area contributed by atoms with E-state index in [9.17, 15) is 5.11 Å². The largest absolute Gasteiger partial charge is 1.00 e. The van der Waals surface area contributed by atoms with Crippen molar-refractivity contribution in [3.63, 3.8) is 0 Å². The smallest absolute Gasteiger partial charge is 0.141 e. The molecule has 3 rings (SSSR count). The van der Waals surface area contributed by atoms with Crippen molar-refractivity contribution < 1.29 is 22.8 Å². The van der Waals surface area contributed by atoms with Gasteiger partial charge in [-0.1, -0.05) is 23.7 Å². The fourth-order valence-corrected chi connectivity index (χ4v) is 2.59. The summed E-state index contributed by atoms with van der Waals surface area (Å²) in [5.74, 6) is 0.272. The van der Waals surface area contributed by atoms with E-state index in [4.69, 9.17) is 11.6 Å². The molecule has 0 aliphatic heterocycles. The van der Waals surface area contributed by atoms with Crippen LogP contribution in [-0.4, -0.2) is 10.1 Å². The minimum absolute atomic E-state index is 0. The average molecular weight is 335 g/mol. The van der Waals surface area contributed by atoms with E-state index in [2.05, 4.69) is 10.3 Å². The summed E-state index contributed by atoms with van der Waals surface area (Å²) < 4.78 is 0. The molecule has 0 amide bonds. The predicted octanol–water partition coefficient (Wildman–Crippen LogP) is 0.301. The molecule has 0 radical (unpaired) electrons. The van der Waals surface area contributed by atoms with Crippen LogP contribution in [0.25, 0.3) is 10.9 Å². The molecule has 0 saturated carbocycles. The van der Waals surface area contributed by atoms with E-state index in [-0.39, 0.29) is 18.2 Å². The SMILES string of the molecule is Cc1cc(O)cc2c([NH2+]Cc3ccc(Cl)cc3)ccnc12.[Cl-]. The van der Waals surface area contributed by atoms with Gasteiger partial charge < -0.3 is 22.8 Å². The van der Waals surface area contributed by atoms with Gasteiger partial charge in [0.05, 0.1) is 10.9 Å². The Morgan fingerprint density at radius 1 is 1.14 bits per heavy atom. The van der Waals surface area contributed by atoms with Crippen LogP contribution in [0.3, 0.4) is 0 Å². The third-order valence-corrected chi connectivity index (χ3v) is 3.78. The van der Waals surface area contributed by atoms with Crippen molar-refractivity contribution in [3.8, 4) is 5.75 Å². The zero-order chi connectivity index (χ0) is 14.8. The minimum atomic E-state index is 0. The molecule has 0 unspecified atom stereocenters. The van der Waals surface area contributed by atoms with E-state index in [1.807, 2.05) is 37.3 Å². The van der Waals surface area contributed by atoms with Crippen molar-refractivity contribution in [2.24, 2.45) is 0 Å². The van der Waals surface area contributed by atoms with Crippen molar-refractivity contribution in [1.82, 2.24) is 4.98 Å². The highest BCUT2D eigenvalue weighted by Crippen LogP contribution is 2.26. The maximum absolute atomic E-state index is 9.79. The molecule has 0 aliphatic carbocycles. The Hall–Kier alpha value is -1.81. The molecular weight excluding hydrogens is 319 g/mol. The monoisotopic (exact) mass is 334 g/mol. The van der Waals surface area contributed by atoms with Gasteiger partial charge in [0.2, 0.25) is 0 Å². The molecule has 3 aromatic rings. The second kappa shape index (κ2) is 6.97. The Kier molecular flexibility index (Phi) is 5.24. The number of nitrogens with zero attached hydrogens (tertiary/aromatic N) is 1. The zero-order valence-corrected chi connectivity index (χ0v) is 13.6. The Bertz CT molecular complexity index is 789. The van der Waals surface area contributed by atoms with Gasteiger partial charge in [-0.05, 0) is 36.8 Å². The normalized spacial score (nSPS) is 10.5. The Balaban J connectivity index is 0.00000176. The summed E-state index contributed by atoms with van der Waals surface area (Å²) in [6, 6.07) is 13.3. The number of pyridine rings is 1. The number of fused-ring (bicyclic) bond motifs is 1. The maximum atomic E-state index is 9.79. The van der Waals surface area contributed by atoms with Crippen LogP contribution in [-0.2, 0) is 6.54 Å². The van der Waals surface area contributed by atoms with Gasteiger partial charge in [-0.2, -0.15) is 0 Å². The van der Waals surface area contributed by atoms with Crippen LogP contribution < -0.4 is 17.7 Å². The quantitative estimate of drug-likeness (QED) is 0.724. The van der Waals surface area contributed by atoms with Crippen molar-refractivity contribution in [2.45, 2.75) is 13.5 Å². The molecule has 22 heavy (non-hydrogen) atoms. The van der Waals surface area contributed by atoms with Gasteiger partial charge in [-0.25, -0.2) is 0 Å². The van der Waals surface area contributed by atoms with Crippen LogP contribution in [0.15, 0.2) is 48.7 Å². The molecule has 2 aromatic carbocycles. The summed E-state index contributed by atoms with van der Waals surface area (Å²) in [5.41, 5.74) is 4.18. The fraction of sp³-hybridized carbons (Fsp3) is 0.118. The van der Waals surface area contributed by atoms with Crippen LogP contribution in [0.2, 0.25) is 5.02 Å². The number of phenols is 1. The lowest BCUT2D eigenvalue weighted by Crippen LogP contribution is -3.00. The second-order valence-corrected chi connectivity index (χ2v) is 5.53. The van der Waals surface area contributed by atoms with Crippen LogP contribution in [0.5, 0.6) is 5.75 Å². The first-order valence-corrected chi connectivity index (χ1v) is 7.17. The number of nitrogens with two attached hydrogens (primary N) is 1. The lowest BCUT2D eigenvalue weighted by atomic mass is 10.1. The molecule has 1 heterocycles. The molecular formula is C17H16Cl2N2O. The number of hydrogen-bond donors (Lipinski definition) is 2. The lowest BCUT2D eigenvalue weighted by Gasteiger charge is -2.07. The Morgan fingerprint density at radius 2 is 1.86 bits per heavy atom. The third kappa shape index (κ3) is 3.50. The number of rotatable bonds is 3. The third-order valence-electron chi connectivity index (χ3n) is 3.52. The topological polar surface area (TPSA) is 49.7 Å². The molecule has 5 heteroatoms. The van der Waals surface area contributed by atoms with Gasteiger partial charge in [-0.15, -0.1) is 0 Å². The summed E-state index contributed by atoms with van der Waals surface area (Å²) in [5, 5.41) is 13.7. The highest BCUT2D eigenvalue weighted by Gasteiger charge is 2.09. The molecule has 0 aliphatic rings. The standard InChI is InChI=1S/C17H15ClN2O.ClH/c1-11-8-14(21)9-15-16(6-7-19-17(11)15)20-10-12-2-4-13(18)5-3-12;/h2-9,21H,10H2,1H3,(H,19,20);1H. The molecule has 0 fully saturated rings. The van der Waals surface area contributed by atoms with Gasteiger partial charge in [0, 0.05) is 22.8 Å². The molecule has 1 aromatic heterocycles. The van der Waals surface area contributed by atoms with Gasteiger partial charge in [0.25, 0.3) is 0 Å². The van der Waals surface area contributed by atoms with Crippen molar-refractivity contribution >= 4 is 28.2 Å². The summed E-state index contributed by atoms with van der Waals surface area (Å²) in [6.45, 7) is 2.77. The number of aryl methyl sites for hydroxylation is 1. The van der Waals surface area contributed by atoms with E-state index in [1.54, 1.807) is 18.3 Å². The summed E-state index contributed by atoms with van der Waals surface area (Å²) in [7, 11) is 0. The van der Waals surface area contributed by atoms with E-state index < -0.39 is 0 Å². The van der Waals surface area contributed by atoms with Crippen LogP contribution in [0.4, 0.5) is 5.69 Å². The van der Waals surface area contributed by atoms with Crippen LogP contribution in [0.1, 0.15) is 11.1 Å². The predicted molar refractivity (Wildman–Crippen MR) is 84.9 cm³/mol. The highest BCUT2D eigenvalue weighted by atomic mass is 35.5. The summed E-state index contributed by atoms with van der Waals surface area (Å²) >= 11 is 5.90. The van der Waals surface area contributed by atoms with Gasteiger partial charge >= 0.3 is 0 Å². The number of halogens is 2. The molecule has 3 nitrogen and oxygen atoms in total. The first-order chi connectivity index (χ1) is 10.1. The number of aromatic hydroxyl groups is 1. The summed E-state index contributed by atoms with van der Waals surface area (Å²) in [4.78, 5) is 4.40. The van der Waals surface area contributed by atoms with Crippen molar-refractivity contribution in [1.29, 1.82) is 0 Å². The second-order valence-electron chi connectivity index (χ2n) is 5.09. The molecule has 0 spiro atoms. The number of phenolic OH excluding ortho intramolecular Hbond substituents is 1. The zero-order valence-electron chi connectivity index (χ0n) is 12.1. The van der Waals surface area contributed by atoms with E-state index in [0.29, 0.717) is 0 Å². The first kappa shape index (κ1) is 16.6. The molecule has 0 atom stereocenters. The van der Waals surface area contributed by atoms with Crippen LogP contribution in [0, 0.1) is 6.92 Å². The first-order valence-electron chi connectivity index (χ1n) is 6.79. The van der Waals surface area contributed by atoms with Crippen molar-refractivity contribution in [3.05, 3.63) is 64.8 Å². The summed E-state index contributed by atoms with van der Waals surface area (Å²) in [6.07, 6.45) is 1.81. The molecule has 3 N–H and O–H groups in total.